The lowest BCUT2D eigenvalue weighted by molar-refractivity contribution is 0.300. The van der Waals surface area contributed by atoms with E-state index in [1.807, 2.05) is 0 Å². The molecule has 2 aromatic carbocycles. The predicted octanol–water partition coefficient (Wildman–Crippen LogP) is 4.45. The molecule has 20 heavy (non-hydrogen) atoms. The zero-order valence-corrected chi connectivity index (χ0v) is 13.4. The second-order valence-electron chi connectivity index (χ2n) is 4.03. The summed E-state index contributed by atoms with van der Waals surface area (Å²) in [4.78, 5) is 0.160. The summed E-state index contributed by atoms with van der Waals surface area (Å²) >= 11 is 14.1. The Morgan fingerprint density at radius 2 is 2.05 bits per heavy atom. The van der Waals surface area contributed by atoms with Gasteiger partial charge in [-0.3, -0.25) is 0 Å². The fraction of sp³-hybridized carbons (Fsp3) is 0.0714. The van der Waals surface area contributed by atoms with E-state index in [1.165, 1.54) is 6.07 Å². The summed E-state index contributed by atoms with van der Waals surface area (Å²) in [6.07, 6.45) is 0. The Bertz CT molecular complexity index is 666. The molecule has 0 atom stereocenters. The number of rotatable bonds is 4. The molecule has 0 unspecified atom stereocenters. The number of halogens is 3. The molecular weight excluding hydrogens is 365 g/mol. The fourth-order valence-corrected chi connectivity index (χ4v) is 2.42. The molecule has 0 aliphatic rings. The number of nitrogens with two attached hydrogens (primary N) is 1. The first-order chi connectivity index (χ1) is 9.47. The predicted molar refractivity (Wildman–Crippen MR) is 85.8 cm³/mol. The van der Waals surface area contributed by atoms with Gasteiger partial charge in [0.15, 0.2) is 0 Å². The van der Waals surface area contributed by atoms with E-state index in [2.05, 4.69) is 15.9 Å². The van der Waals surface area contributed by atoms with Crippen LogP contribution in [0.15, 0.2) is 40.9 Å². The maximum Gasteiger partial charge on any atom is 0.138 e. The number of ether oxygens (including phenoxy) is 1. The highest BCUT2D eigenvalue weighted by Crippen LogP contribution is 2.28. The van der Waals surface area contributed by atoms with Crippen molar-refractivity contribution in [3.05, 3.63) is 62.8 Å². The monoisotopic (exact) mass is 373 g/mol. The van der Waals surface area contributed by atoms with Crippen LogP contribution in [0, 0.1) is 5.82 Å². The molecule has 0 aliphatic heterocycles. The molecule has 0 bridgehead atoms. The van der Waals surface area contributed by atoms with Gasteiger partial charge in [-0.1, -0.05) is 51.9 Å². The van der Waals surface area contributed by atoms with Gasteiger partial charge in [0.1, 0.15) is 23.2 Å². The van der Waals surface area contributed by atoms with E-state index in [-0.39, 0.29) is 11.6 Å². The molecule has 6 heteroatoms. The SMILES string of the molecule is NC(=S)c1ccc(COc2ccc(Br)cc2Cl)c(F)c1. The van der Waals surface area contributed by atoms with Crippen molar-refractivity contribution in [3.8, 4) is 5.75 Å². The first-order valence-corrected chi connectivity index (χ1v) is 7.21. The van der Waals surface area contributed by atoms with Gasteiger partial charge in [0.05, 0.1) is 5.02 Å². The van der Waals surface area contributed by atoms with Gasteiger partial charge in [0, 0.05) is 15.6 Å². The molecule has 0 radical (unpaired) electrons. The van der Waals surface area contributed by atoms with Gasteiger partial charge in [-0.2, -0.15) is 0 Å². The zero-order valence-electron chi connectivity index (χ0n) is 10.2. The van der Waals surface area contributed by atoms with E-state index in [4.69, 9.17) is 34.3 Å². The third-order valence-electron chi connectivity index (χ3n) is 2.61. The molecule has 2 aromatic rings. The molecule has 0 saturated heterocycles. The van der Waals surface area contributed by atoms with Crippen LogP contribution in [0.4, 0.5) is 4.39 Å². The van der Waals surface area contributed by atoms with Crippen molar-refractivity contribution in [1.82, 2.24) is 0 Å². The topological polar surface area (TPSA) is 35.2 Å². The van der Waals surface area contributed by atoms with Gasteiger partial charge in [0.25, 0.3) is 0 Å². The highest BCUT2D eigenvalue weighted by molar-refractivity contribution is 9.10. The van der Waals surface area contributed by atoms with Crippen molar-refractivity contribution in [3.63, 3.8) is 0 Å². The molecule has 0 spiro atoms. The molecule has 2 rings (SSSR count). The summed E-state index contributed by atoms with van der Waals surface area (Å²) in [6, 6.07) is 9.78. The second-order valence-corrected chi connectivity index (χ2v) is 5.80. The third-order valence-corrected chi connectivity index (χ3v) is 3.64. The summed E-state index contributed by atoms with van der Waals surface area (Å²) in [6.45, 7) is 0.0742. The van der Waals surface area contributed by atoms with Crippen molar-refractivity contribution in [2.45, 2.75) is 6.61 Å². The van der Waals surface area contributed by atoms with Crippen LogP contribution in [0.3, 0.4) is 0 Å². The Kier molecular flexibility index (Phi) is 4.96. The quantitative estimate of drug-likeness (QED) is 0.803. The normalized spacial score (nSPS) is 10.3. The first-order valence-electron chi connectivity index (χ1n) is 5.63. The zero-order chi connectivity index (χ0) is 14.7. The molecule has 0 aliphatic carbocycles. The molecule has 104 valence electrons. The van der Waals surface area contributed by atoms with Gasteiger partial charge < -0.3 is 10.5 Å². The Morgan fingerprint density at radius 3 is 2.65 bits per heavy atom. The van der Waals surface area contributed by atoms with Crippen molar-refractivity contribution in [1.29, 1.82) is 0 Å². The number of thiocarbonyl (C=S) groups is 1. The molecule has 2 N–H and O–H groups in total. The first kappa shape index (κ1) is 15.2. The van der Waals surface area contributed by atoms with Gasteiger partial charge in [-0.05, 0) is 24.3 Å². The standard InChI is InChI=1S/C14H10BrClFNOS/c15-10-3-4-13(11(16)6-10)19-7-9-2-1-8(14(18)20)5-12(9)17/h1-6H,7H2,(H2,18,20). The molecule has 0 fully saturated rings. The molecule has 2 nitrogen and oxygen atoms in total. The summed E-state index contributed by atoms with van der Waals surface area (Å²) < 4.78 is 20.2. The van der Waals surface area contributed by atoms with Crippen LogP contribution in [-0.4, -0.2) is 4.99 Å². The maximum absolute atomic E-state index is 13.8. The second kappa shape index (κ2) is 6.52. The Hall–Kier alpha value is -1.17. The van der Waals surface area contributed by atoms with Crippen molar-refractivity contribution >= 4 is 44.7 Å². The minimum atomic E-state index is -0.413. The molecular formula is C14H10BrClFNOS. The van der Waals surface area contributed by atoms with Crippen LogP contribution in [0.1, 0.15) is 11.1 Å². The lowest BCUT2D eigenvalue weighted by Crippen LogP contribution is -2.10. The van der Waals surface area contributed by atoms with Crippen molar-refractivity contribution in [2.75, 3.05) is 0 Å². The minimum Gasteiger partial charge on any atom is -0.487 e. The van der Waals surface area contributed by atoms with E-state index in [0.717, 1.165) is 4.47 Å². The summed E-state index contributed by atoms with van der Waals surface area (Å²) in [5.41, 5.74) is 6.34. The van der Waals surface area contributed by atoms with Gasteiger partial charge in [0.2, 0.25) is 0 Å². The molecule has 0 aromatic heterocycles. The average molecular weight is 375 g/mol. The van der Waals surface area contributed by atoms with Crippen molar-refractivity contribution in [2.24, 2.45) is 5.73 Å². The van der Waals surface area contributed by atoms with E-state index in [1.54, 1.807) is 30.3 Å². The Labute approximate surface area is 134 Å². The highest BCUT2D eigenvalue weighted by Gasteiger charge is 2.08. The molecule has 0 heterocycles. The lowest BCUT2D eigenvalue weighted by atomic mass is 10.1. The van der Waals surface area contributed by atoms with E-state index >= 15 is 0 Å². The van der Waals surface area contributed by atoms with Crippen LogP contribution in [0.5, 0.6) is 5.75 Å². The smallest absolute Gasteiger partial charge is 0.138 e. The third kappa shape index (κ3) is 3.69. The minimum absolute atomic E-state index is 0.0742. The largest absolute Gasteiger partial charge is 0.487 e. The fourth-order valence-electron chi connectivity index (χ4n) is 1.57. The number of benzene rings is 2. The number of hydrogen-bond acceptors (Lipinski definition) is 2. The Morgan fingerprint density at radius 1 is 1.30 bits per heavy atom. The Balaban J connectivity index is 2.13. The summed E-state index contributed by atoms with van der Waals surface area (Å²) in [5.74, 6) is 0.0798. The highest BCUT2D eigenvalue weighted by atomic mass is 79.9. The lowest BCUT2D eigenvalue weighted by Gasteiger charge is -2.10. The van der Waals surface area contributed by atoms with Gasteiger partial charge >= 0.3 is 0 Å². The van der Waals surface area contributed by atoms with Crippen LogP contribution in [0.25, 0.3) is 0 Å². The van der Waals surface area contributed by atoms with Gasteiger partial charge in [-0.15, -0.1) is 0 Å². The van der Waals surface area contributed by atoms with Crippen LogP contribution in [0.2, 0.25) is 5.02 Å². The van der Waals surface area contributed by atoms with Gasteiger partial charge in [-0.25, -0.2) is 4.39 Å². The average Bonchev–Trinajstić information content (AvgIpc) is 2.38. The summed E-state index contributed by atoms with van der Waals surface area (Å²) in [7, 11) is 0. The van der Waals surface area contributed by atoms with Crippen LogP contribution in [-0.2, 0) is 6.61 Å². The summed E-state index contributed by atoms with van der Waals surface area (Å²) in [5, 5.41) is 0.458. The van der Waals surface area contributed by atoms with Crippen LogP contribution < -0.4 is 10.5 Å². The molecule has 0 saturated carbocycles. The molecule has 0 amide bonds. The van der Waals surface area contributed by atoms with E-state index in [9.17, 15) is 4.39 Å². The number of hydrogen-bond donors (Lipinski definition) is 1. The van der Waals surface area contributed by atoms with Crippen LogP contribution >= 0.6 is 39.7 Å². The van der Waals surface area contributed by atoms with Crippen molar-refractivity contribution < 1.29 is 9.13 Å². The maximum atomic E-state index is 13.8. The van der Waals surface area contributed by atoms with E-state index < -0.39 is 5.82 Å². The van der Waals surface area contributed by atoms with E-state index in [0.29, 0.717) is 21.9 Å².